The van der Waals surface area contributed by atoms with Crippen molar-refractivity contribution in [2.75, 3.05) is 26.6 Å². The number of methoxy groups -OCH3 is 3. The largest absolute Gasteiger partial charge is 0.495 e. The lowest BCUT2D eigenvalue weighted by Gasteiger charge is -2.28. The van der Waals surface area contributed by atoms with Crippen molar-refractivity contribution in [3.8, 4) is 17.2 Å². The second-order valence-corrected chi connectivity index (χ2v) is 7.67. The van der Waals surface area contributed by atoms with Crippen LogP contribution >= 0.6 is 0 Å². The summed E-state index contributed by atoms with van der Waals surface area (Å²) >= 11 is 0. The van der Waals surface area contributed by atoms with Crippen molar-refractivity contribution < 1.29 is 23.8 Å². The lowest BCUT2D eigenvalue weighted by atomic mass is 10.0. The monoisotopic (exact) mass is 446 g/mol. The van der Waals surface area contributed by atoms with Gasteiger partial charge >= 0.3 is 0 Å². The Hall–Kier alpha value is -4.00. The minimum atomic E-state index is -0.501. The third kappa shape index (κ3) is 4.48. The van der Waals surface area contributed by atoms with Gasteiger partial charge in [0.1, 0.15) is 5.75 Å². The van der Waals surface area contributed by atoms with Gasteiger partial charge in [-0.15, -0.1) is 0 Å². The standard InChI is InChI=1S/C26H26N2O5/c1-31-22-11-7-6-10-20(22)27-25(29)15-21(17-12-13-23(32-2)24(14-17)33-3)28-16-18-8-4-5-9-19(18)26(28)30/h4-14,21H,15-16H2,1-3H3,(H,27,29)/t21-/m1/s1. The Morgan fingerprint density at radius 1 is 0.909 bits per heavy atom. The number of amides is 2. The fraction of sp³-hybridized carbons (Fsp3) is 0.231. The van der Waals surface area contributed by atoms with Gasteiger partial charge in [-0.25, -0.2) is 0 Å². The van der Waals surface area contributed by atoms with Gasteiger partial charge in [0.15, 0.2) is 11.5 Å². The van der Waals surface area contributed by atoms with Crippen molar-refractivity contribution in [2.45, 2.75) is 19.0 Å². The van der Waals surface area contributed by atoms with Gasteiger partial charge in [-0.3, -0.25) is 9.59 Å². The van der Waals surface area contributed by atoms with Gasteiger partial charge in [-0.2, -0.15) is 0 Å². The summed E-state index contributed by atoms with van der Waals surface area (Å²) < 4.78 is 16.2. The molecule has 7 heteroatoms. The van der Waals surface area contributed by atoms with Crippen LogP contribution in [0.2, 0.25) is 0 Å². The molecule has 0 spiro atoms. The maximum atomic E-state index is 13.2. The smallest absolute Gasteiger partial charge is 0.255 e. The highest BCUT2D eigenvalue weighted by atomic mass is 16.5. The first-order valence-electron chi connectivity index (χ1n) is 10.6. The van der Waals surface area contributed by atoms with Crippen LogP contribution in [0.25, 0.3) is 0 Å². The van der Waals surface area contributed by atoms with Crippen LogP contribution in [0.5, 0.6) is 17.2 Å². The lowest BCUT2D eigenvalue weighted by Crippen LogP contribution is -2.32. The van der Waals surface area contributed by atoms with Crippen LogP contribution in [0.1, 0.15) is 33.9 Å². The predicted molar refractivity (Wildman–Crippen MR) is 125 cm³/mol. The number of para-hydroxylation sites is 2. The number of ether oxygens (including phenoxy) is 3. The Bertz CT molecular complexity index is 1180. The van der Waals surface area contributed by atoms with Gasteiger partial charge < -0.3 is 24.4 Å². The van der Waals surface area contributed by atoms with E-state index < -0.39 is 6.04 Å². The van der Waals surface area contributed by atoms with Crippen LogP contribution < -0.4 is 19.5 Å². The number of nitrogens with one attached hydrogen (secondary N) is 1. The Morgan fingerprint density at radius 3 is 2.33 bits per heavy atom. The van der Waals surface area contributed by atoms with E-state index in [9.17, 15) is 9.59 Å². The summed E-state index contributed by atoms with van der Waals surface area (Å²) in [6, 6.07) is 19.7. The summed E-state index contributed by atoms with van der Waals surface area (Å²) in [5, 5.41) is 2.91. The average molecular weight is 447 g/mol. The fourth-order valence-electron chi connectivity index (χ4n) is 4.12. The highest BCUT2D eigenvalue weighted by Crippen LogP contribution is 2.37. The maximum absolute atomic E-state index is 13.2. The third-order valence-electron chi connectivity index (χ3n) is 5.78. The van der Waals surface area contributed by atoms with Crippen LogP contribution in [-0.2, 0) is 11.3 Å². The van der Waals surface area contributed by atoms with Gasteiger partial charge in [0, 0.05) is 12.1 Å². The number of carbonyl (C=O) groups excluding carboxylic acids is 2. The molecule has 0 saturated carbocycles. The number of hydrogen-bond donors (Lipinski definition) is 1. The molecule has 0 aromatic heterocycles. The first kappa shape index (κ1) is 22.2. The maximum Gasteiger partial charge on any atom is 0.255 e. The molecule has 2 amide bonds. The molecular weight excluding hydrogens is 420 g/mol. The summed E-state index contributed by atoms with van der Waals surface area (Å²) in [6.07, 6.45) is 0.0628. The topological polar surface area (TPSA) is 77.1 Å². The first-order chi connectivity index (χ1) is 16.0. The molecule has 1 N–H and O–H groups in total. The molecule has 170 valence electrons. The zero-order valence-electron chi connectivity index (χ0n) is 18.8. The van der Waals surface area contributed by atoms with E-state index >= 15 is 0 Å². The molecule has 0 fully saturated rings. The minimum Gasteiger partial charge on any atom is -0.495 e. The minimum absolute atomic E-state index is 0.0628. The van der Waals surface area contributed by atoms with Crippen molar-refractivity contribution in [1.29, 1.82) is 0 Å². The number of benzene rings is 3. The normalized spacial score (nSPS) is 13.3. The van der Waals surface area contributed by atoms with Gasteiger partial charge in [-0.1, -0.05) is 36.4 Å². The molecule has 1 aliphatic heterocycles. The molecule has 0 unspecified atom stereocenters. The summed E-state index contributed by atoms with van der Waals surface area (Å²) in [5.74, 6) is 1.35. The number of hydrogen-bond acceptors (Lipinski definition) is 5. The molecule has 1 atom stereocenters. The number of anilines is 1. The molecule has 1 aliphatic rings. The lowest BCUT2D eigenvalue weighted by molar-refractivity contribution is -0.117. The van der Waals surface area contributed by atoms with Crippen molar-refractivity contribution in [3.63, 3.8) is 0 Å². The highest BCUT2D eigenvalue weighted by Gasteiger charge is 2.35. The highest BCUT2D eigenvalue weighted by molar-refractivity contribution is 5.99. The second kappa shape index (κ2) is 9.65. The molecule has 0 radical (unpaired) electrons. The van der Waals surface area contributed by atoms with E-state index in [0.717, 1.165) is 11.1 Å². The Balaban J connectivity index is 1.66. The van der Waals surface area contributed by atoms with Gasteiger partial charge in [0.05, 0.1) is 39.5 Å². The number of nitrogens with zero attached hydrogens (tertiary/aromatic N) is 1. The van der Waals surface area contributed by atoms with Gasteiger partial charge in [-0.05, 0) is 41.5 Å². The van der Waals surface area contributed by atoms with E-state index in [-0.39, 0.29) is 18.2 Å². The fourth-order valence-corrected chi connectivity index (χ4v) is 4.12. The van der Waals surface area contributed by atoms with E-state index in [2.05, 4.69) is 5.32 Å². The molecular formula is C26H26N2O5. The number of fused-ring (bicyclic) bond motifs is 1. The van der Waals surface area contributed by atoms with Crippen LogP contribution in [0, 0.1) is 0 Å². The average Bonchev–Trinajstić information content (AvgIpc) is 3.18. The molecule has 0 aliphatic carbocycles. The van der Waals surface area contributed by atoms with Crippen LogP contribution in [-0.4, -0.2) is 38.0 Å². The van der Waals surface area contributed by atoms with Gasteiger partial charge in [0.25, 0.3) is 5.91 Å². The molecule has 0 saturated heterocycles. The van der Waals surface area contributed by atoms with Crippen molar-refractivity contribution in [3.05, 3.63) is 83.4 Å². The summed E-state index contributed by atoms with van der Waals surface area (Å²) in [5.41, 5.74) is 2.96. The van der Waals surface area contributed by atoms with Crippen molar-refractivity contribution in [2.24, 2.45) is 0 Å². The zero-order chi connectivity index (χ0) is 23.4. The number of carbonyl (C=O) groups is 2. The quantitative estimate of drug-likeness (QED) is 0.554. The molecule has 3 aromatic carbocycles. The summed E-state index contributed by atoms with van der Waals surface area (Å²) in [7, 11) is 4.68. The second-order valence-electron chi connectivity index (χ2n) is 7.67. The summed E-state index contributed by atoms with van der Waals surface area (Å²) in [4.78, 5) is 28.1. The molecule has 4 rings (SSSR count). The molecule has 0 bridgehead atoms. The molecule has 1 heterocycles. The zero-order valence-corrected chi connectivity index (χ0v) is 18.8. The van der Waals surface area contributed by atoms with E-state index in [1.54, 1.807) is 44.4 Å². The SMILES string of the molecule is COc1ccccc1NC(=O)C[C@H](c1ccc(OC)c(OC)c1)N1Cc2ccccc2C1=O. The van der Waals surface area contributed by atoms with E-state index in [0.29, 0.717) is 35.0 Å². The van der Waals surface area contributed by atoms with E-state index in [1.807, 2.05) is 48.5 Å². The van der Waals surface area contributed by atoms with Crippen LogP contribution in [0.3, 0.4) is 0 Å². The van der Waals surface area contributed by atoms with E-state index in [1.165, 1.54) is 0 Å². The summed E-state index contributed by atoms with van der Waals surface area (Å²) in [6.45, 7) is 0.427. The van der Waals surface area contributed by atoms with Crippen LogP contribution in [0.15, 0.2) is 66.7 Å². The number of rotatable bonds is 8. The molecule has 7 nitrogen and oxygen atoms in total. The van der Waals surface area contributed by atoms with Gasteiger partial charge in [0.2, 0.25) is 5.91 Å². The van der Waals surface area contributed by atoms with Crippen molar-refractivity contribution >= 4 is 17.5 Å². The van der Waals surface area contributed by atoms with Crippen LogP contribution in [0.4, 0.5) is 5.69 Å². The Morgan fingerprint density at radius 2 is 1.61 bits per heavy atom. The third-order valence-corrected chi connectivity index (χ3v) is 5.78. The Labute approximate surface area is 192 Å². The van der Waals surface area contributed by atoms with Crippen molar-refractivity contribution in [1.82, 2.24) is 4.90 Å². The Kier molecular flexibility index (Phi) is 6.49. The van der Waals surface area contributed by atoms with E-state index in [4.69, 9.17) is 14.2 Å². The molecule has 3 aromatic rings. The first-order valence-corrected chi connectivity index (χ1v) is 10.6. The predicted octanol–water partition coefficient (Wildman–Crippen LogP) is 4.44. The molecule has 33 heavy (non-hydrogen) atoms.